The van der Waals surface area contributed by atoms with E-state index in [0.717, 1.165) is 25.8 Å². The fraction of sp³-hybridized carbons (Fsp3) is 0.375. The average molecular weight is 307 g/mol. The molecule has 5 heteroatoms. The van der Waals surface area contributed by atoms with Gasteiger partial charge in [-0.15, -0.1) is 12.4 Å². The van der Waals surface area contributed by atoms with E-state index in [1.54, 1.807) is 6.20 Å². The number of aromatic nitrogens is 2. The molecule has 1 aromatic heterocycles. The van der Waals surface area contributed by atoms with Crippen molar-refractivity contribution in [2.24, 2.45) is 0 Å². The third-order valence-corrected chi connectivity index (χ3v) is 3.99. The van der Waals surface area contributed by atoms with Crippen LogP contribution < -0.4 is 0 Å². The monoisotopic (exact) mass is 306 g/mol. The second kappa shape index (κ2) is 6.76. The average Bonchev–Trinajstić information content (AvgIpc) is 2.91. The van der Waals surface area contributed by atoms with Crippen molar-refractivity contribution < 1.29 is 9.90 Å². The number of halogens is 1. The van der Waals surface area contributed by atoms with Gasteiger partial charge in [0.05, 0.1) is 12.7 Å². The molecule has 2 aromatic rings. The maximum atomic E-state index is 10.9. The molecule has 0 aliphatic heterocycles. The summed E-state index contributed by atoms with van der Waals surface area (Å²) < 4.78 is 2.04. The molecule has 1 N–H and O–H groups in total. The minimum absolute atomic E-state index is 0. The van der Waals surface area contributed by atoms with E-state index in [0.29, 0.717) is 0 Å². The van der Waals surface area contributed by atoms with Crippen molar-refractivity contribution in [2.45, 2.75) is 38.1 Å². The van der Waals surface area contributed by atoms with Crippen LogP contribution in [0.2, 0.25) is 0 Å². The molecular weight excluding hydrogens is 288 g/mol. The highest BCUT2D eigenvalue weighted by Crippen LogP contribution is 2.34. The Labute approximate surface area is 130 Å². The topological polar surface area (TPSA) is 55.1 Å². The van der Waals surface area contributed by atoms with Crippen LogP contribution in [0.4, 0.5) is 0 Å². The smallest absolute Gasteiger partial charge is 0.303 e. The molecule has 112 valence electrons. The second-order valence-electron chi connectivity index (χ2n) is 5.46. The highest BCUT2D eigenvalue weighted by atomic mass is 35.5. The number of rotatable bonds is 4. The first-order valence-corrected chi connectivity index (χ1v) is 7.01. The molecule has 0 fully saturated rings. The summed E-state index contributed by atoms with van der Waals surface area (Å²) in [4.78, 5) is 15.0. The number of carbonyl (C=O) groups is 1. The molecule has 4 nitrogen and oxygen atoms in total. The van der Waals surface area contributed by atoms with E-state index < -0.39 is 5.97 Å². The molecular formula is C16H19ClN2O2. The van der Waals surface area contributed by atoms with Crippen LogP contribution in [0, 0.1) is 0 Å². The number of aliphatic carboxylic acids is 1. The third-order valence-electron chi connectivity index (χ3n) is 3.99. The zero-order valence-electron chi connectivity index (χ0n) is 11.7. The zero-order chi connectivity index (χ0) is 13.9. The maximum Gasteiger partial charge on any atom is 0.303 e. The van der Waals surface area contributed by atoms with Crippen LogP contribution in [-0.2, 0) is 17.8 Å². The maximum absolute atomic E-state index is 10.9. The Morgan fingerprint density at radius 3 is 3.00 bits per heavy atom. The SMILES string of the molecule is Cl.O=C(O)CC1CCCc2cc(Cn3ccnc3)ccc21. The van der Waals surface area contributed by atoms with E-state index in [1.165, 1.54) is 16.7 Å². The van der Waals surface area contributed by atoms with Crippen LogP contribution >= 0.6 is 12.4 Å². The van der Waals surface area contributed by atoms with Crippen LogP contribution in [0.1, 0.15) is 41.9 Å². The van der Waals surface area contributed by atoms with Crippen LogP contribution in [0.5, 0.6) is 0 Å². The number of nitrogens with zero attached hydrogens (tertiary/aromatic N) is 2. The quantitative estimate of drug-likeness (QED) is 0.943. The van der Waals surface area contributed by atoms with E-state index in [9.17, 15) is 4.79 Å². The number of hydrogen-bond donors (Lipinski definition) is 1. The van der Waals surface area contributed by atoms with Crippen LogP contribution in [0.15, 0.2) is 36.9 Å². The van der Waals surface area contributed by atoms with Crippen molar-refractivity contribution >= 4 is 18.4 Å². The van der Waals surface area contributed by atoms with E-state index >= 15 is 0 Å². The Kier molecular flexibility index (Phi) is 5.02. The molecule has 3 rings (SSSR count). The summed E-state index contributed by atoms with van der Waals surface area (Å²) in [6, 6.07) is 6.46. The Bertz CT molecular complexity index is 611. The minimum Gasteiger partial charge on any atom is -0.481 e. The van der Waals surface area contributed by atoms with Gasteiger partial charge in [-0.05, 0) is 41.9 Å². The first kappa shape index (κ1) is 15.6. The number of aryl methyl sites for hydroxylation is 1. The molecule has 0 saturated carbocycles. The fourth-order valence-electron chi connectivity index (χ4n) is 3.08. The van der Waals surface area contributed by atoms with Crippen molar-refractivity contribution in [3.8, 4) is 0 Å². The molecule has 0 spiro atoms. The zero-order valence-corrected chi connectivity index (χ0v) is 12.6. The van der Waals surface area contributed by atoms with Gasteiger partial charge in [-0.1, -0.05) is 18.2 Å². The molecule has 1 unspecified atom stereocenters. The number of imidazole rings is 1. The van der Waals surface area contributed by atoms with Crippen molar-refractivity contribution in [3.63, 3.8) is 0 Å². The first-order chi connectivity index (χ1) is 9.72. The Morgan fingerprint density at radius 1 is 1.43 bits per heavy atom. The van der Waals surface area contributed by atoms with E-state index in [1.807, 2.05) is 17.1 Å². The van der Waals surface area contributed by atoms with Gasteiger partial charge < -0.3 is 9.67 Å². The number of hydrogen-bond acceptors (Lipinski definition) is 2. The molecule has 21 heavy (non-hydrogen) atoms. The summed E-state index contributed by atoms with van der Waals surface area (Å²) in [7, 11) is 0. The van der Waals surface area contributed by atoms with Gasteiger partial charge >= 0.3 is 5.97 Å². The van der Waals surface area contributed by atoms with Gasteiger partial charge in [-0.2, -0.15) is 0 Å². The van der Waals surface area contributed by atoms with Crippen LogP contribution in [0.3, 0.4) is 0 Å². The van der Waals surface area contributed by atoms with Gasteiger partial charge in [-0.25, -0.2) is 4.98 Å². The number of fused-ring (bicyclic) bond motifs is 1. The van der Waals surface area contributed by atoms with Gasteiger partial charge in [0.15, 0.2) is 0 Å². The molecule has 1 heterocycles. The van der Waals surface area contributed by atoms with E-state index in [2.05, 4.69) is 23.2 Å². The largest absolute Gasteiger partial charge is 0.481 e. The third kappa shape index (κ3) is 3.64. The van der Waals surface area contributed by atoms with Crippen molar-refractivity contribution in [3.05, 3.63) is 53.6 Å². The van der Waals surface area contributed by atoms with Crippen LogP contribution in [-0.4, -0.2) is 20.6 Å². The lowest BCUT2D eigenvalue weighted by molar-refractivity contribution is -0.137. The van der Waals surface area contributed by atoms with Crippen LogP contribution in [0.25, 0.3) is 0 Å². The highest BCUT2D eigenvalue weighted by molar-refractivity contribution is 5.85. The molecule has 0 amide bonds. The first-order valence-electron chi connectivity index (χ1n) is 7.01. The number of carboxylic acid groups (broad SMARTS) is 1. The van der Waals surface area contributed by atoms with E-state index in [-0.39, 0.29) is 24.7 Å². The summed E-state index contributed by atoms with van der Waals surface area (Å²) >= 11 is 0. The lowest BCUT2D eigenvalue weighted by atomic mass is 9.80. The molecule has 1 atom stereocenters. The van der Waals surface area contributed by atoms with Gasteiger partial charge in [0.2, 0.25) is 0 Å². The standard InChI is InChI=1S/C16H18N2O2.ClH/c19-16(20)9-14-3-1-2-13-8-12(4-5-15(13)14)10-18-7-6-17-11-18;/h4-8,11,14H,1-3,9-10H2,(H,19,20);1H. The van der Waals surface area contributed by atoms with Crippen molar-refractivity contribution in [1.82, 2.24) is 9.55 Å². The lowest BCUT2D eigenvalue weighted by Crippen LogP contribution is -2.14. The Morgan fingerprint density at radius 2 is 2.29 bits per heavy atom. The Balaban J connectivity index is 0.00000161. The molecule has 1 aliphatic carbocycles. The Hall–Kier alpha value is -1.81. The predicted molar refractivity (Wildman–Crippen MR) is 83.0 cm³/mol. The summed E-state index contributed by atoms with van der Waals surface area (Å²) in [5.74, 6) is -0.524. The van der Waals surface area contributed by atoms with E-state index in [4.69, 9.17) is 5.11 Å². The van der Waals surface area contributed by atoms with Gasteiger partial charge in [0.25, 0.3) is 0 Å². The van der Waals surface area contributed by atoms with Gasteiger partial charge in [0, 0.05) is 18.9 Å². The normalized spacial score (nSPS) is 16.9. The number of benzene rings is 1. The summed E-state index contributed by atoms with van der Waals surface area (Å²) in [5.41, 5.74) is 3.80. The summed E-state index contributed by atoms with van der Waals surface area (Å²) in [6.45, 7) is 0.816. The molecule has 0 saturated heterocycles. The second-order valence-corrected chi connectivity index (χ2v) is 5.46. The summed E-state index contributed by atoms with van der Waals surface area (Å²) in [5, 5.41) is 9.01. The van der Waals surface area contributed by atoms with Gasteiger partial charge in [-0.3, -0.25) is 4.79 Å². The molecule has 0 radical (unpaired) electrons. The minimum atomic E-state index is -0.703. The molecule has 0 bridgehead atoms. The van der Waals surface area contributed by atoms with Crippen molar-refractivity contribution in [2.75, 3.05) is 0 Å². The summed E-state index contributed by atoms with van der Waals surface area (Å²) in [6.07, 6.45) is 8.91. The van der Waals surface area contributed by atoms with Crippen molar-refractivity contribution in [1.29, 1.82) is 0 Å². The predicted octanol–water partition coefficient (Wildman–Crippen LogP) is 3.25. The fourth-order valence-corrected chi connectivity index (χ4v) is 3.08. The lowest BCUT2D eigenvalue weighted by Gasteiger charge is -2.25. The van der Waals surface area contributed by atoms with Gasteiger partial charge in [0.1, 0.15) is 0 Å². The molecule has 1 aromatic carbocycles. The highest BCUT2D eigenvalue weighted by Gasteiger charge is 2.22. The number of carboxylic acids is 1. The molecule has 1 aliphatic rings.